The van der Waals surface area contributed by atoms with Gasteiger partial charge in [0.2, 0.25) is 12.7 Å². The van der Waals surface area contributed by atoms with Crippen molar-refractivity contribution in [2.45, 2.75) is 50.2 Å². The highest BCUT2D eigenvalue weighted by Gasteiger charge is 2.40. The monoisotopic (exact) mass is 332 g/mol. The van der Waals surface area contributed by atoms with Gasteiger partial charge in [0.1, 0.15) is 6.04 Å². The van der Waals surface area contributed by atoms with Gasteiger partial charge >= 0.3 is 0 Å². The van der Waals surface area contributed by atoms with E-state index < -0.39 is 0 Å². The van der Waals surface area contributed by atoms with Gasteiger partial charge in [-0.3, -0.25) is 9.59 Å². The van der Waals surface area contributed by atoms with Crippen molar-refractivity contribution >= 4 is 17.5 Å². The molecule has 2 fully saturated rings. The number of benzene rings is 1. The van der Waals surface area contributed by atoms with E-state index in [0.29, 0.717) is 23.2 Å². The van der Waals surface area contributed by atoms with Crippen molar-refractivity contribution < 1.29 is 24.4 Å². The molecule has 7 nitrogen and oxygen atoms in total. The molecule has 0 spiro atoms. The molecule has 0 bridgehead atoms. The average molecular weight is 332 g/mol. The van der Waals surface area contributed by atoms with Gasteiger partial charge in [-0.2, -0.15) is 0 Å². The summed E-state index contributed by atoms with van der Waals surface area (Å²) in [6, 6.07) is 5.59. The lowest BCUT2D eigenvalue weighted by Gasteiger charge is -2.37. The van der Waals surface area contributed by atoms with Crippen molar-refractivity contribution in [2.75, 3.05) is 12.1 Å². The number of quaternary nitrogens is 1. The lowest BCUT2D eigenvalue weighted by Crippen LogP contribution is -3.03. The zero-order valence-electron chi connectivity index (χ0n) is 13.4. The molecule has 1 aromatic rings. The molecule has 3 atom stereocenters. The standard InChI is InChI=1S/C17H21N3O4/c21-16(18-10-5-6-14-15(7-10)24-9-23-14)8-13-17(22)20-12-4-2-1-3-11(12)19-13/h5-7,11-13,19H,1-4,8-9H2,(H,18,21)(H,20,22)/p+1/t11-,12-,13-/m0/s1. The maximum Gasteiger partial charge on any atom is 0.279 e. The second kappa shape index (κ2) is 6.32. The van der Waals surface area contributed by atoms with Gasteiger partial charge in [-0.1, -0.05) is 6.42 Å². The highest BCUT2D eigenvalue weighted by molar-refractivity contribution is 5.95. The zero-order chi connectivity index (χ0) is 16.5. The van der Waals surface area contributed by atoms with E-state index in [2.05, 4.69) is 16.0 Å². The number of hydrogen-bond acceptors (Lipinski definition) is 4. The molecule has 0 aromatic heterocycles. The predicted molar refractivity (Wildman–Crippen MR) is 85.7 cm³/mol. The smallest absolute Gasteiger partial charge is 0.279 e. The molecule has 3 aliphatic rings. The van der Waals surface area contributed by atoms with Crippen LogP contribution in [0.25, 0.3) is 0 Å². The number of ether oxygens (including phenoxy) is 2. The first kappa shape index (κ1) is 15.3. The summed E-state index contributed by atoms with van der Waals surface area (Å²) < 4.78 is 10.6. The van der Waals surface area contributed by atoms with Crippen LogP contribution in [0.5, 0.6) is 11.5 Å². The maximum atomic E-state index is 12.3. The van der Waals surface area contributed by atoms with Gasteiger partial charge in [-0.05, 0) is 25.0 Å². The highest BCUT2D eigenvalue weighted by Crippen LogP contribution is 2.34. The predicted octanol–water partition coefficient (Wildman–Crippen LogP) is 0.117. The summed E-state index contributed by atoms with van der Waals surface area (Å²) >= 11 is 0. The van der Waals surface area contributed by atoms with Crippen molar-refractivity contribution in [2.24, 2.45) is 0 Å². The molecule has 0 unspecified atom stereocenters. The Balaban J connectivity index is 1.36. The van der Waals surface area contributed by atoms with Gasteiger partial charge in [-0.15, -0.1) is 0 Å². The summed E-state index contributed by atoms with van der Waals surface area (Å²) in [5.41, 5.74) is 0.649. The molecule has 4 rings (SSSR count). The zero-order valence-corrected chi connectivity index (χ0v) is 13.4. The van der Waals surface area contributed by atoms with Crippen LogP contribution < -0.4 is 25.4 Å². The van der Waals surface area contributed by atoms with Crippen LogP contribution in [0.3, 0.4) is 0 Å². The van der Waals surface area contributed by atoms with Crippen molar-refractivity contribution in [3.8, 4) is 11.5 Å². The van der Waals surface area contributed by atoms with Crippen LogP contribution >= 0.6 is 0 Å². The minimum absolute atomic E-state index is 0.0287. The number of rotatable bonds is 3. The topological polar surface area (TPSA) is 93.3 Å². The SMILES string of the molecule is O=C(C[C@@H]1[NH2+][C@H]2CCCC[C@@H]2NC1=O)Nc1ccc2c(c1)OCO2. The minimum Gasteiger partial charge on any atom is -0.454 e. The first-order valence-corrected chi connectivity index (χ1v) is 8.54. The molecule has 1 aliphatic carbocycles. The number of piperazine rings is 1. The molecule has 4 N–H and O–H groups in total. The Morgan fingerprint density at radius 3 is 3.00 bits per heavy atom. The first-order valence-electron chi connectivity index (χ1n) is 8.54. The molecule has 1 aromatic carbocycles. The second-order valence-electron chi connectivity index (χ2n) is 6.68. The van der Waals surface area contributed by atoms with Gasteiger partial charge < -0.3 is 25.4 Å². The van der Waals surface area contributed by atoms with E-state index >= 15 is 0 Å². The molecular weight excluding hydrogens is 310 g/mol. The fourth-order valence-electron chi connectivity index (χ4n) is 3.79. The van der Waals surface area contributed by atoms with E-state index in [1.165, 1.54) is 12.8 Å². The number of anilines is 1. The number of fused-ring (bicyclic) bond motifs is 2. The molecule has 2 amide bonds. The van der Waals surface area contributed by atoms with E-state index in [0.717, 1.165) is 12.8 Å². The summed E-state index contributed by atoms with van der Waals surface area (Å²) in [4.78, 5) is 24.5. The van der Waals surface area contributed by atoms with Crippen LogP contribution in [-0.4, -0.2) is 36.7 Å². The normalized spacial score (nSPS) is 28.0. The Labute approximate surface area is 140 Å². The van der Waals surface area contributed by atoms with Crippen LogP contribution in [0, 0.1) is 0 Å². The van der Waals surface area contributed by atoms with Crippen LogP contribution in [0.4, 0.5) is 5.69 Å². The number of nitrogens with one attached hydrogen (secondary N) is 2. The molecule has 128 valence electrons. The summed E-state index contributed by atoms with van der Waals surface area (Å²) in [6.45, 7) is 0.201. The van der Waals surface area contributed by atoms with Crippen LogP contribution in [0.1, 0.15) is 32.1 Å². The van der Waals surface area contributed by atoms with E-state index in [1.54, 1.807) is 18.2 Å². The van der Waals surface area contributed by atoms with Gasteiger partial charge in [0.15, 0.2) is 17.5 Å². The third-order valence-electron chi connectivity index (χ3n) is 5.02. The Morgan fingerprint density at radius 1 is 1.25 bits per heavy atom. The molecule has 1 saturated carbocycles. The molecule has 0 radical (unpaired) electrons. The molecular formula is C17H22N3O4+. The third kappa shape index (κ3) is 3.03. The summed E-state index contributed by atoms with van der Waals surface area (Å²) in [6.07, 6.45) is 4.69. The summed E-state index contributed by atoms with van der Waals surface area (Å²) in [5.74, 6) is 1.11. The molecule has 24 heavy (non-hydrogen) atoms. The Kier molecular flexibility index (Phi) is 4.02. The Hall–Kier alpha value is -2.28. The van der Waals surface area contributed by atoms with Crippen LogP contribution in [-0.2, 0) is 9.59 Å². The first-order chi connectivity index (χ1) is 11.7. The average Bonchev–Trinajstić information content (AvgIpc) is 3.03. The summed E-state index contributed by atoms with van der Waals surface area (Å²) in [5, 5.41) is 8.01. The second-order valence-corrected chi connectivity index (χ2v) is 6.68. The molecule has 2 aliphatic heterocycles. The van der Waals surface area contributed by atoms with Gasteiger partial charge in [0.25, 0.3) is 5.91 Å². The largest absolute Gasteiger partial charge is 0.454 e. The van der Waals surface area contributed by atoms with E-state index in [-0.39, 0.29) is 37.1 Å². The van der Waals surface area contributed by atoms with Crippen molar-refractivity contribution in [3.05, 3.63) is 18.2 Å². The summed E-state index contributed by atoms with van der Waals surface area (Å²) in [7, 11) is 0. The number of amides is 2. The molecule has 7 heteroatoms. The van der Waals surface area contributed by atoms with Gasteiger partial charge in [0.05, 0.1) is 12.5 Å². The lowest BCUT2D eigenvalue weighted by atomic mass is 9.87. The van der Waals surface area contributed by atoms with Gasteiger partial charge in [-0.25, -0.2) is 0 Å². The van der Waals surface area contributed by atoms with Crippen LogP contribution in [0.15, 0.2) is 18.2 Å². The van der Waals surface area contributed by atoms with E-state index in [4.69, 9.17) is 9.47 Å². The fraction of sp³-hybridized carbons (Fsp3) is 0.529. The lowest BCUT2D eigenvalue weighted by molar-refractivity contribution is -0.718. The van der Waals surface area contributed by atoms with Crippen molar-refractivity contribution in [1.29, 1.82) is 0 Å². The minimum atomic E-state index is -0.349. The fourth-order valence-corrected chi connectivity index (χ4v) is 3.79. The highest BCUT2D eigenvalue weighted by atomic mass is 16.7. The van der Waals surface area contributed by atoms with Crippen LogP contribution in [0.2, 0.25) is 0 Å². The third-order valence-corrected chi connectivity index (χ3v) is 5.02. The van der Waals surface area contributed by atoms with Gasteiger partial charge in [0, 0.05) is 18.2 Å². The van der Waals surface area contributed by atoms with E-state index in [9.17, 15) is 9.59 Å². The van der Waals surface area contributed by atoms with Crippen molar-refractivity contribution in [3.63, 3.8) is 0 Å². The number of carbonyl (C=O) groups is 2. The number of nitrogens with two attached hydrogens (primary N) is 1. The van der Waals surface area contributed by atoms with E-state index in [1.807, 2.05) is 0 Å². The molecule has 1 saturated heterocycles. The van der Waals surface area contributed by atoms with Crippen molar-refractivity contribution in [1.82, 2.24) is 5.32 Å². The molecule has 2 heterocycles. The Bertz CT molecular complexity index is 663. The quantitative estimate of drug-likeness (QED) is 0.733. The maximum absolute atomic E-state index is 12.3. The number of carbonyl (C=O) groups excluding carboxylic acids is 2. The number of hydrogen-bond donors (Lipinski definition) is 3. The Morgan fingerprint density at radius 2 is 2.08 bits per heavy atom.